The Kier molecular flexibility index (Phi) is 5.20. The average molecular weight is 394 g/mol. The van der Waals surface area contributed by atoms with Crippen LogP contribution in [0.4, 0.5) is 13.2 Å². The van der Waals surface area contributed by atoms with Crippen LogP contribution in [0.3, 0.4) is 0 Å². The summed E-state index contributed by atoms with van der Waals surface area (Å²) in [6.45, 7) is 1.82. The van der Waals surface area contributed by atoms with Gasteiger partial charge in [0, 0.05) is 30.6 Å². The van der Waals surface area contributed by atoms with E-state index in [0.717, 1.165) is 23.0 Å². The van der Waals surface area contributed by atoms with Crippen molar-refractivity contribution >= 4 is 5.91 Å². The number of hydrogen-bond donors (Lipinski definition) is 1. The second kappa shape index (κ2) is 7.58. The zero-order chi connectivity index (χ0) is 20.3. The fraction of sp³-hybridized carbons (Fsp3) is 0.250. The van der Waals surface area contributed by atoms with Gasteiger partial charge in [-0.3, -0.25) is 14.6 Å². The Morgan fingerprint density at radius 2 is 2.07 bits per heavy atom. The number of carbonyl (C=O) groups is 1. The number of likely N-dealkylation sites (N-methyl/N-ethyl adjacent to an activating group) is 1. The first-order valence-corrected chi connectivity index (χ1v) is 7.99. The van der Waals surface area contributed by atoms with Gasteiger partial charge in [0.15, 0.2) is 0 Å². The lowest BCUT2D eigenvalue weighted by Gasteiger charge is -2.06. The molecule has 0 bridgehead atoms. The lowest BCUT2D eigenvalue weighted by atomic mass is 10.2. The molecule has 0 aliphatic heterocycles. The number of aromatic nitrogens is 5. The van der Waals surface area contributed by atoms with E-state index < -0.39 is 23.2 Å². The molecule has 0 aromatic carbocycles. The first kappa shape index (κ1) is 19.2. The Hall–Kier alpha value is -3.57. The molecule has 28 heavy (non-hydrogen) atoms. The van der Waals surface area contributed by atoms with E-state index in [4.69, 9.17) is 4.52 Å². The van der Waals surface area contributed by atoms with Crippen LogP contribution in [0.1, 0.15) is 12.5 Å². The number of nitrogens with one attached hydrogen (secondary N) is 1. The van der Waals surface area contributed by atoms with Crippen molar-refractivity contribution in [2.75, 3.05) is 6.54 Å². The maximum Gasteiger partial charge on any atom is 0.417 e. The molecule has 0 atom stereocenters. The Morgan fingerprint density at radius 1 is 1.29 bits per heavy atom. The van der Waals surface area contributed by atoms with Gasteiger partial charge in [-0.05, 0) is 19.1 Å². The van der Waals surface area contributed by atoms with Crippen LogP contribution in [-0.4, -0.2) is 37.4 Å². The van der Waals surface area contributed by atoms with Gasteiger partial charge in [-0.25, -0.2) is 4.68 Å². The molecule has 1 N–H and O–H groups in total. The smallest absolute Gasteiger partial charge is 0.355 e. The fourth-order valence-corrected chi connectivity index (χ4v) is 2.23. The maximum absolute atomic E-state index is 12.8. The maximum atomic E-state index is 12.8. The molecule has 3 aromatic heterocycles. The Morgan fingerprint density at radius 3 is 2.79 bits per heavy atom. The fourth-order valence-electron chi connectivity index (χ4n) is 2.23. The summed E-state index contributed by atoms with van der Waals surface area (Å²) in [6.07, 6.45) is -2.72. The van der Waals surface area contributed by atoms with Crippen molar-refractivity contribution in [2.45, 2.75) is 19.6 Å². The van der Waals surface area contributed by atoms with Crippen LogP contribution < -0.4 is 10.9 Å². The number of nitrogens with zero attached hydrogens (tertiary/aromatic N) is 5. The zero-order valence-corrected chi connectivity index (χ0v) is 14.4. The van der Waals surface area contributed by atoms with Crippen LogP contribution in [0.15, 0.2) is 39.9 Å². The summed E-state index contributed by atoms with van der Waals surface area (Å²) in [5, 5.41) is 10.1. The van der Waals surface area contributed by atoms with Gasteiger partial charge in [-0.1, -0.05) is 5.16 Å². The molecule has 0 saturated heterocycles. The second-order valence-electron chi connectivity index (χ2n) is 5.55. The largest absolute Gasteiger partial charge is 0.417 e. The predicted molar refractivity (Wildman–Crippen MR) is 88.7 cm³/mol. The third-order valence-electron chi connectivity index (χ3n) is 3.50. The van der Waals surface area contributed by atoms with Gasteiger partial charge in [0.2, 0.25) is 11.7 Å². The molecule has 1 amide bonds. The Bertz CT molecular complexity index is 1060. The summed E-state index contributed by atoms with van der Waals surface area (Å²) in [5.41, 5.74) is -1.38. The van der Waals surface area contributed by atoms with Crippen LogP contribution in [0.2, 0.25) is 0 Å². The minimum Gasteiger partial charge on any atom is -0.355 e. The first-order valence-electron chi connectivity index (χ1n) is 7.99. The molecular weight excluding hydrogens is 381 g/mol. The summed E-state index contributed by atoms with van der Waals surface area (Å²) in [4.78, 5) is 31.0. The molecular formula is C16H13F3N6O3. The van der Waals surface area contributed by atoms with E-state index in [1.807, 2.05) is 0 Å². The minimum absolute atomic E-state index is 0.000435. The van der Waals surface area contributed by atoms with Gasteiger partial charge < -0.3 is 9.84 Å². The van der Waals surface area contributed by atoms with Crippen molar-refractivity contribution in [1.82, 2.24) is 30.2 Å². The quantitative estimate of drug-likeness (QED) is 0.697. The number of hydrogen-bond acceptors (Lipinski definition) is 7. The van der Waals surface area contributed by atoms with Gasteiger partial charge in [0.25, 0.3) is 11.4 Å². The third kappa shape index (κ3) is 4.22. The van der Waals surface area contributed by atoms with E-state index >= 15 is 0 Å². The Balaban J connectivity index is 1.90. The number of alkyl halides is 3. The average Bonchev–Trinajstić information content (AvgIpc) is 3.13. The highest BCUT2D eigenvalue weighted by molar-refractivity contribution is 5.75. The standard InChI is InChI=1S/C16H13F3N6O3/c1-2-21-12(26)8-25-13(27)4-3-11(23-25)15-22-14(24-28-15)9-5-10(7-20-6-9)16(17,18)19/h3-7H,2,8H2,1H3,(H,21,26). The molecule has 3 rings (SSSR count). The monoisotopic (exact) mass is 394 g/mol. The van der Waals surface area contributed by atoms with E-state index in [2.05, 4.69) is 25.5 Å². The summed E-state index contributed by atoms with van der Waals surface area (Å²) < 4.78 is 44.4. The molecule has 0 fully saturated rings. The predicted octanol–water partition coefficient (Wildman–Crippen LogP) is 1.51. The summed E-state index contributed by atoms with van der Waals surface area (Å²) in [6, 6.07) is 3.31. The van der Waals surface area contributed by atoms with Crippen LogP contribution in [-0.2, 0) is 17.5 Å². The van der Waals surface area contributed by atoms with Crippen LogP contribution >= 0.6 is 0 Å². The summed E-state index contributed by atoms with van der Waals surface area (Å²) in [5.74, 6) is -0.663. The zero-order valence-electron chi connectivity index (χ0n) is 14.4. The van der Waals surface area contributed by atoms with E-state index in [1.165, 1.54) is 6.07 Å². The highest BCUT2D eigenvalue weighted by Gasteiger charge is 2.31. The minimum atomic E-state index is -4.56. The number of rotatable bonds is 5. The second-order valence-corrected chi connectivity index (χ2v) is 5.55. The van der Waals surface area contributed by atoms with Crippen LogP contribution in [0, 0.1) is 0 Å². The lowest BCUT2D eigenvalue weighted by molar-refractivity contribution is -0.137. The van der Waals surface area contributed by atoms with Crippen molar-refractivity contribution in [1.29, 1.82) is 0 Å². The van der Waals surface area contributed by atoms with Gasteiger partial charge in [0.05, 0.1) is 5.56 Å². The number of halogens is 3. The lowest BCUT2D eigenvalue weighted by Crippen LogP contribution is -2.33. The molecule has 12 heteroatoms. The van der Waals surface area contributed by atoms with Crippen LogP contribution in [0.25, 0.3) is 23.0 Å². The highest BCUT2D eigenvalue weighted by atomic mass is 19.4. The molecule has 3 heterocycles. The topological polar surface area (TPSA) is 116 Å². The van der Waals surface area contributed by atoms with Crippen molar-refractivity contribution in [3.05, 3.63) is 46.5 Å². The van der Waals surface area contributed by atoms with E-state index in [0.29, 0.717) is 12.7 Å². The molecule has 0 unspecified atom stereocenters. The number of carbonyl (C=O) groups excluding carboxylic acids is 1. The summed E-state index contributed by atoms with van der Waals surface area (Å²) in [7, 11) is 0. The molecule has 0 aliphatic rings. The van der Waals surface area contributed by atoms with Gasteiger partial charge in [-0.15, -0.1) is 0 Å². The van der Waals surface area contributed by atoms with Crippen molar-refractivity contribution in [3.63, 3.8) is 0 Å². The third-order valence-corrected chi connectivity index (χ3v) is 3.50. The molecule has 146 valence electrons. The molecule has 0 aliphatic carbocycles. The molecule has 0 spiro atoms. The SMILES string of the molecule is CCNC(=O)Cn1nc(-c2nc(-c3cncc(C(F)(F)F)c3)no2)ccc1=O. The van der Waals surface area contributed by atoms with Gasteiger partial charge in [-0.2, -0.15) is 23.3 Å². The van der Waals surface area contributed by atoms with E-state index in [-0.39, 0.29) is 29.5 Å². The van der Waals surface area contributed by atoms with E-state index in [9.17, 15) is 22.8 Å². The van der Waals surface area contributed by atoms with Gasteiger partial charge in [0.1, 0.15) is 12.2 Å². The first-order chi connectivity index (χ1) is 13.3. The van der Waals surface area contributed by atoms with Crippen molar-refractivity contribution < 1.29 is 22.5 Å². The van der Waals surface area contributed by atoms with Crippen molar-refractivity contribution in [2.24, 2.45) is 0 Å². The molecule has 3 aromatic rings. The molecule has 0 radical (unpaired) electrons. The summed E-state index contributed by atoms with van der Waals surface area (Å²) >= 11 is 0. The van der Waals surface area contributed by atoms with Gasteiger partial charge >= 0.3 is 6.18 Å². The molecule has 0 saturated carbocycles. The number of pyridine rings is 1. The number of amides is 1. The van der Waals surface area contributed by atoms with E-state index in [1.54, 1.807) is 6.92 Å². The van der Waals surface area contributed by atoms with Crippen LogP contribution in [0.5, 0.6) is 0 Å². The highest BCUT2D eigenvalue weighted by Crippen LogP contribution is 2.31. The van der Waals surface area contributed by atoms with Crippen molar-refractivity contribution in [3.8, 4) is 23.0 Å². The molecule has 9 nitrogen and oxygen atoms in total. The normalized spacial score (nSPS) is 11.4. The Labute approximate surface area is 155 Å².